The van der Waals surface area contributed by atoms with E-state index in [1.165, 1.54) is 17.1 Å². The minimum atomic E-state index is 0.802. The van der Waals surface area contributed by atoms with Crippen molar-refractivity contribution >= 4 is 22.4 Å². The smallest absolute Gasteiger partial charge is 0.205 e. The number of nitrogen functional groups attached to an aromatic ring is 1. The van der Waals surface area contributed by atoms with Crippen molar-refractivity contribution in [1.29, 1.82) is 0 Å². The van der Waals surface area contributed by atoms with Crippen molar-refractivity contribution in [1.82, 2.24) is 9.36 Å². The number of aromatic nitrogens is 2. The Morgan fingerprint density at radius 1 is 1.41 bits per heavy atom. The topological polar surface area (TPSA) is 55.0 Å². The number of anilines is 2. The van der Waals surface area contributed by atoms with Crippen LogP contribution >= 0.6 is 11.5 Å². The lowest BCUT2D eigenvalue weighted by Gasteiger charge is -2.20. The Labute approximate surface area is 105 Å². The molecule has 0 atom stereocenters. The first-order chi connectivity index (χ1) is 8.29. The molecule has 1 aromatic carbocycles. The molecule has 0 radical (unpaired) electrons. The molecule has 2 N–H and O–H groups in total. The fraction of sp³-hybridized carbons (Fsp3) is 0.333. The number of hydrogen-bond donors (Lipinski definition) is 1. The van der Waals surface area contributed by atoms with Crippen LogP contribution in [0.2, 0.25) is 0 Å². The van der Waals surface area contributed by atoms with Crippen LogP contribution in [0.25, 0.3) is 0 Å². The van der Waals surface area contributed by atoms with Gasteiger partial charge in [0, 0.05) is 30.3 Å². The average Bonchev–Trinajstić information content (AvgIpc) is 2.82. The summed E-state index contributed by atoms with van der Waals surface area (Å²) in [6, 6.07) is 7.97. The van der Waals surface area contributed by atoms with Gasteiger partial charge in [-0.25, -0.2) is 4.98 Å². The number of hydrogen-bond acceptors (Lipinski definition) is 5. The number of nitrogens with two attached hydrogens (primary N) is 1. The Balaban J connectivity index is 2.13. The second-order valence-electron chi connectivity index (χ2n) is 3.89. The molecule has 2 rings (SSSR count). The predicted molar refractivity (Wildman–Crippen MR) is 72.1 cm³/mol. The quantitative estimate of drug-likeness (QED) is 0.826. The van der Waals surface area contributed by atoms with Gasteiger partial charge in [0.25, 0.3) is 0 Å². The highest BCUT2D eigenvalue weighted by molar-refractivity contribution is 7.09. The number of benzene rings is 1. The van der Waals surface area contributed by atoms with E-state index in [1.54, 1.807) is 6.33 Å². The Hall–Kier alpha value is -1.62. The Morgan fingerprint density at radius 3 is 2.94 bits per heavy atom. The molecule has 0 saturated heterocycles. The van der Waals surface area contributed by atoms with Crippen LogP contribution in [-0.2, 0) is 6.54 Å². The fourth-order valence-corrected chi connectivity index (χ4v) is 2.28. The first-order valence-electron chi connectivity index (χ1n) is 5.65. The van der Waals surface area contributed by atoms with E-state index in [0.29, 0.717) is 0 Å². The highest BCUT2D eigenvalue weighted by atomic mass is 32.1. The number of nitrogens with zero attached hydrogens (tertiary/aromatic N) is 3. The molecule has 0 fully saturated rings. The van der Waals surface area contributed by atoms with Gasteiger partial charge in [-0.15, -0.1) is 0 Å². The van der Waals surface area contributed by atoms with Gasteiger partial charge in [0.2, 0.25) is 5.13 Å². The summed E-state index contributed by atoms with van der Waals surface area (Å²) in [7, 11) is 0. The molecule has 2 aromatic rings. The van der Waals surface area contributed by atoms with E-state index in [4.69, 9.17) is 5.73 Å². The van der Waals surface area contributed by atoms with Crippen LogP contribution < -0.4 is 10.6 Å². The molecule has 17 heavy (non-hydrogen) atoms. The van der Waals surface area contributed by atoms with Crippen LogP contribution in [0.5, 0.6) is 0 Å². The molecule has 90 valence electrons. The zero-order chi connectivity index (χ0) is 12.1. The van der Waals surface area contributed by atoms with E-state index in [1.807, 2.05) is 18.2 Å². The molecule has 0 spiro atoms. The molecule has 0 bridgehead atoms. The lowest BCUT2D eigenvalue weighted by molar-refractivity contribution is 0.764. The summed E-state index contributed by atoms with van der Waals surface area (Å²) in [5, 5.41) is 0.967. The molecule has 0 aliphatic rings. The first-order valence-corrected chi connectivity index (χ1v) is 6.43. The third kappa shape index (κ3) is 3.17. The van der Waals surface area contributed by atoms with Crippen molar-refractivity contribution in [2.24, 2.45) is 0 Å². The molecular weight excluding hydrogens is 232 g/mol. The molecule has 1 heterocycles. The molecule has 0 unspecified atom stereocenters. The summed E-state index contributed by atoms with van der Waals surface area (Å²) in [4.78, 5) is 6.48. The van der Waals surface area contributed by atoms with Crippen LogP contribution in [0.1, 0.15) is 18.9 Å². The maximum absolute atomic E-state index is 5.78. The van der Waals surface area contributed by atoms with Crippen LogP contribution in [0.4, 0.5) is 10.8 Å². The average molecular weight is 248 g/mol. The van der Waals surface area contributed by atoms with Gasteiger partial charge in [-0.1, -0.05) is 19.1 Å². The molecule has 5 heteroatoms. The Bertz CT molecular complexity index is 455. The monoisotopic (exact) mass is 248 g/mol. The zero-order valence-electron chi connectivity index (χ0n) is 9.84. The Morgan fingerprint density at radius 2 is 2.29 bits per heavy atom. The lowest BCUT2D eigenvalue weighted by atomic mass is 10.2. The van der Waals surface area contributed by atoms with E-state index in [-0.39, 0.29) is 0 Å². The molecular formula is C12H16N4S. The molecule has 0 aliphatic heterocycles. The minimum Gasteiger partial charge on any atom is -0.399 e. The molecule has 0 amide bonds. The third-order valence-electron chi connectivity index (χ3n) is 2.44. The van der Waals surface area contributed by atoms with E-state index < -0.39 is 0 Å². The second-order valence-corrected chi connectivity index (χ2v) is 4.65. The van der Waals surface area contributed by atoms with Gasteiger partial charge >= 0.3 is 0 Å². The molecule has 4 nitrogen and oxygen atoms in total. The van der Waals surface area contributed by atoms with Crippen molar-refractivity contribution < 1.29 is 0 Å². The van der Waals surface area contributed by atoms with Crippen LogP contribution in [0.3, 0.4) is 0 Å². The van der Waals surface area contributed by atoms with E-state index in [9.17, 15) is 0 Å². The number of rotatable bonds is 5. The highest BCUT2D eigenvalue weighted by Gasteiger charge is 2.09. The summed E-state index contributed by atoms with van der Waals surface area (Å²) < 4.78 is 4.05. The van der Waals surface area contributed by atoms with Gasteiger partial charge in [-0.05, 0) is 24.1 Å². The SMILES string of the molecule is CCCN(Cc1cccc(N)c1)c1ncns1. The van der Waals surface area contributed by atoms with E-state index in [0.717, 1.165) is 30.3 Å². The highest BCUT2D eigenvalue weighted by Crippen LogP contribution is 2.19. The van der Waals surface area contributed by atoms with E-state index >= 15 is 0 Å². The van der Waals surface area contributed by atoms with Gasteiger partial charge in [-0.2, -0.15) is 4.37 Å². The van der Waals surface area contributed by atoms with Crippen molar-refractivity contribution in [3.8, 4) is 0 Å². The molecule has 1 aromatic heterocycles. The van der Waals surface area contributed by atoms with Gasteiger partial charge in [0.05, 0.1) is 0 Å². The standard InChI is InChI=1S/C12H16N4S/c1-2-6-16(12-14-9-15-17-12)8-10-4-3-5-11(13)7-10/h3-5,7,9H,2,6,8,13H2,1H3. The maximum atomic E-state index is 5.78. The third-order valence-corrected chi connectivity index (χ3v) is 3.16. The van der Waals surface area contributed by atoms with Gasteiger partial charge in [0.15, 0.2) is 0 Å². The van der Waals surface area contributed by atoms with Gasteiger partial charge in [-0.3, -0.25) is 0 Å². The van der Waals surface area contributed by atoms with Crippen LogP contribution in [-0.4, -0.2) is 15.9 Å². The first kappa shape index (κ1) is 11.9. The Kier molecular flexibility index (Phi) is 3.93. The largest absolute Gasteiger partial charge is 0.399 e. The zero-order valence-corrected chi connectivity index (χ0v) is 10.7. The molecule has 0 saturated carbocycles. The summed E-state index contributed by atoms with van der Waals surface area (Å²) in [5.74, 6) is 0. The van der Waals surface area contributed by atoms with Gasteiger partial charge in [0.1, 0.15) is 6.33 Å². The van der Waals surface area contributed by atoms with Crippen molar-refractivity contribution in [2.45, 2.75) is 19.9 Å². The summed E-state index contributed by atoms with van der Waals surface area (Å²) in [5.41, 5.74) is 7.79. The maximum Gasteiger partial charge on any atom is 0.205 e. The lowest BCUT2D eigenvalue weighted by Crippen LogP contribution is -2.23. The summed E-state index contributed by atoms with van der Waals surface area (Å²) in [6.45, 7) is 3.96. The summed E-state index contributed by atoms with van der Waals surface area (Å²) in [6.07, 6.45) is 2.68. The second kappa shape index (κ2) is 5.63. The van der Waals surface area contributed by atoms with Gasteiger partial charge < -0.3 is 10.6 Å². The summed E-state index contributed by atoms with van der Waals surface area (Å²) >= 11 is 1.43. The normalized spacial score (nSPS) is 10.4. The van der Waals surface area contributed by atoms with Crippen molar-refractivity contribution in [3.63, 3.8) is 0 Å². The van der Waals surface area contributed by atoms with Crippen molar-refractivity contribution in [3.05, 3.63) is 36.2 Å². The molecule has 0 aliphatic carbocycles. The van der Waals surface area contributed by atoms with Crippen molar-refractivity contribution in [2.75, 3.05) is 17.2 Å². The van der Waals surface area contributed by atoms with E-state index in [2.05, 4.69) is 27.2 Å². The minimum absolute atomic E-state index is 0.802. The van der Waals surface area contributed by atoms with Crippen LogP contribution in [0, 0.1) is 0 Å². The predicted octanol–water partition coefficient (Wildman–Crippen LogP) is 2.54. The fourth-order valence-electron chi connectivity index (χ4n) is 1.73. The van der Waals surface area contributed by atoms with Crippen LogP contribution in [0.15, 0.2) is 30.6 Å².